The molecule has 2 aromatic rings. The van der Waals surface area contributed by atoms with E-state index in [1.165, 1.54) is 7.05 Å². The van der Waals surface area contributed by atoms with Crippen LogP contribution in [0.25, 0.3) is 11.3 Å². The van der Waals surface area contributed by atoms with Crippen LogP contribution in [0.5, 0.6) is 0 Å². The van der Waals surface area contributed by atoms with Gasteiger partial charge in [-0.15, -0.1) is 0 Å². The van der Waals surface area contributed by atoms with Crippen LogP contribution in [0.2, 0.25) is 10.0 Å². The zero-order valence-corrected chi connectivity index (χ0v) is 13.6. The Morgan fingerprint density at radius 1 is 1.35 bits per heavy atom. The molecule has 0 aliphatic carbocycles. The molecule has 0 aliphatic rings. The van der Waals surface area contributed by atoms with Crippen molar-refractivity contribution in [2.75, 3.05) is 6.61 Å². The highest BCUT2D eigenvalue weighted by Crippen LogP contribution is 2.38. The van der Waals surface area contributed by atoms with Gasteiger partial charge in [0.25, 0.3) is 0 Å². The molecule has 1 aromatic carbocycles. The van der Waals surface area contributed by atoms with Crippen molar-refractivity contribution in [3.05, 3.63) is 39.5 Å². The summed E-state index contributed by atoms with van der Waals surface area (Å²) >= 11 is 12.1. The van der Waals surface area contributed by atoms with Crippen LogP contribution >= 0.6 is 23.2 Å². The highest BCUT2D eigenvalue weighted by molar-refractivity contribution is 6.37. The third kappa shape index (κ3) is 3.45. The van der Waals surface area contributed by atoms with Gasteiger partial charge in [0, 0.05) is 12.6 Å². The number of carbonyl (C=O) groups is 1. The van der Waals surface area contributed by atoms with Crippen LogP contribution in [0.1, 0.15) is 23.0 Å². The fourth-order valence-corrected chi connectivity index (χ4v) is 2.52. The SMILES string of the molecule is CCOC(=O)c1c(Cl)c(-c2cc(C(F)(F)F)ccc2Cl)nn1C. The molecule has 0 radical (unpaired) electrons. The van der Waals surface area contributed by atoms with Crippen LogP contribution in [0.4, 0.5) is 13.2 Å². The summed E-state index contributed by atoms with van der Waals surface area (Å²) < 4.78 is 44.6. The van der Waals surface area contributed by atoms with E-state index in [0.29, 0.717) is 0 Å². The first-order chi connectivity index (χ1) is 10.7. The van der Waals surface area contributed by atoms with Gasteiger partial charge in [0.05, 0.1) is 17.2 Å². The summed E-state index contributed by atoms with van der Waals surface area (Å²) in [6.07, 6.45) is -4.54. The molecule has 1 aromatic heterocycles. The van der Waals surface area contributed by atoms with Crippen molar-refractivity contribution >= 4 is 29.2 Å². The first-order valence-electron chi connectivity index (χ1n) is 6.43. The highest BCUT2D eigenvalue weighted by atomic mass is 35.5. The van der Waals surface area contributed by atoms with E-state index < -0.39 is 17.7 Å². The van der Waals surface area contributed by atoms with Crippen molar-refractivity contribution in [1.82, 2.24) is 9.78 Å². The number of ether oxygens (including phenoxy) is 1. The smallest absolute Gasteiger partial charge is 0.416 e. The minimum absolute atomic E-state index is 0.0161. The first-order valence-corrected chi connectivity index (χ1v) is 7.19. The molecular weight excluding hydrogens is 356 g/mol. The highest BCUT2D eigenvalue weighted by Gasteiger charge is 2.32. The number of halogens is 5. The van der Waals surface area contributed by atoms with E-state index in [9.17, 15) is 18.0 Å². The van der Waals surface area contributed by atoms with E-state index in [1.807, 2.05) is 0 Å². The minimum atomic E-state index is -4.54. The van der Waals surface area contributed by atoms with Crippen molar-refractivity contribution in [3.63, 3.8) is 0 Å². The molecule has 0 unspecified atom stereocenters. The van der Waals surface area contributed by atoms with Gasteiger partial charge in [-0.1, -0.05) is 23.2 Å². The van der Waals surface area contributed by atoms with Gasteiger partial charge >= 0.3 is 12.1 Å². The largest absolute Gasteiger partial charge is 0.461 e. The van der Waals surface area contributed by atoms with Crippen molar-refractivity contribution in [1.29, 1.82) is 0 Å². The fourth-order valence-electron chi connectivity index (χ4n) is 1.97. The molecule has 9 heteroatoms. The Bertz CT molecular complexity index is 757. The topological polar surface area (TPSA) is 44.1 Å². The number of benzene rings is 1. The molecule has 4 nitrogen and oxygen atoms in total. The normalized spacial score (nSPS) is 11.6. The Morgan fingerprint density at radius 3 is 2.57 bits per heavy atom. The molecule has 0 bridgehead atoms. The number of carbonyl (C=O) groups excluding carboxylic acids is 1. The Hall–Kier alpha value is -1.73. The summed E-state index contributed by atoms with van der Waals surface area (Å²) in [5.41, 5.74) is -0.987. The van der Waals surface area contributed by atoms with E-state index in [2.05, 4.69) is 5.10 Å². The number of nitrogens with zero attached hydrogens (tertiary/aromatic N) is 2. The van der Waals surface area contributed by atoms with Crippen LogP contribution in [0, 0.1) is 0 Å². The standard InChI is InChI=1S/C14H11Cl2F3N2O2/c1-3-23-13(22)12-10(16)11(20-21(12)2)8-6-7(14(17,18)19)4-5-9(8)15/h4-6H,3H2,1-2H3. The van der Waals surface area contributed by atoms with E-state index in [-0.39, 0.29) is 33.6 Å². The zero-order chi connectivity index (χ0) is 17.4. The van der Waals surface area contributed by atoms with Crippen molar-refractivity contribution < 1.29 is 22.7 Å². The van der Waals surface area contributed by atoms with Crippen LogP contribution in [0.15, 0.2) is 18.2 Å². The van der Waals surface area contributed by atoms with Gasteiger partial charge in [0.2, 0.25) is 0 Å². The van der Waals surface area contributed by atoms with Crippen molar-refractivity contribution in [2.24, 2.45) is 7.05 Å². The van der Waals surface area contributed by atoms with Crippen molar-refractivity contribution in [2.45, 2.75) is 13.1 Å². The zero-order valence-electron chi connectivity index (χ0n) is 12.0. The molecule has 2 rings (SSSR count). The minimum Gasteiger partial charge on any atom is -0.461 e. The monoisotopic (exact) mass is 366 g/mol. The summed E-state index contributed by atoms with van der Waals surface area (Å²) in [5, 5.41) is 3.92. The summed E-state index contributed by atoms with van der Waals surface area (Å²) in [6, 6.07) is 2.80. The summed E-state index contributed by atoms with van der Waals surface area (Å²) in [6.45, 7) is 1.74. The lowest BCUT2D eigenvalue weighted by Gasteiger charge is -2.09. The predicted octanol–water partition coefficient (Wildman–Crippen LogP) is 4.59. The molecule has 0 amide bonds. The van der Waals surface area contributed by atoms with E-state index >= 15 is 0 Å². The maximum absolute atomic E-state index is 12.9. The third-order valence-corrected chi connectivity index (χ3v) is 3.69. The first kappa shape index (κ1) is 17.6. The molecule has 0 atom stereocenters. The number of esters is 1. The summed E-state index contributed by atoms with van der Waals surface area (Å²) in [4.78, 5) is 11.9. The molecule has 0 fully saturated rings. The average Bonchev–Trinajstić information content (AvgIpc) is 2.73. The molecule has 0 saturated carbocycles. The predicted molar refractivity (Wildman–Crippen MR) is 79.6 cm³/mol. The van der Waals surface area contributed by atoms with Gasteiger partial charge in [0.15, 0.2) is 5.69 Å². The molecule has 23 heavy (non-hydrogen) atoms. The summed E-state index contributed by atoms with van der Waals surface area (Å²) in [7, 11) is 1.43. The second-order valence-electron chi connectivity index (χ2n) is 4.55. The lowest BCUT2D eigenvalue weighted by atomic mass is 10.1. The number of aromatic nitrogens is 2. The van der Waals surface area contributed by atoms with Gasteiger partial charge in [-0.05, 0) is 25.1 Å². The number of rotatable bonds is 3. The Labute approximate surface area is 139 Å². The Balaban J connectivity index is 2.60. The van der Waals surface area contributed by atoms with Gasteiger partial charge in [0.1, 0.15) is 10.7 Å². The lowest BCUT2D eigenvalue weighted by Crippen LogP contribution is -2.10. The van der Waals surface area contributed by atoms with E-state index in [4.69, 9.17) is 27.9 Å². The maximum Gasteiger partial charge on any atom is 0.416 e. The molecule has 124 valence electrons. The third-order valence-electron chi connectivity index (χ3n) is 3.01. The second kappa shape index (κ2) is 6.41. The van der Waals surface area contributed by atoms with E-state index in [1.54, 1.807) is 6.92 Å². The van der Waals surface area contributed by atoms with E-state index in [0.717, 1.165) is 22.9 Å². The summed E-state index contributed by atoms with van der Waals surface area (Å²) in [5.74, 6) is -0.721. The molecule has 0 aliphatic heterocycles. The van der Waals surface area contributed by atoms with Crippen LogP contribution in [0.3, 0.4) is 0 Å². The number of alkyl halides is 3. The van der Waals surface area contributed by atoms with Crippen LogP contribution < -0.4 is 0 Å². The van der Waals surface area contributed by atoms with Crippen molar-refractivity contribution in [3.8, 4) is 11.3 Å². The molecular formula is C14H11Cl2F3N2O2. The fraction of sp³-hybridized carbons (Fsp3) is 0.286. The number of hydrogen-bond acceptors (Lipinski definition) is 3. The van der Waals surface area contributed by atoms with Crippen LogP contribution in [-0.4, -0.2) is 22.4 Å². The maximum atomic E-state index is 12.9. The van der Waals surface area contributed by atoms with Gasteiger partial charge in [-0.25, -0.2) is 4.79 Å². The number of hydrogen-bond donors (Lipinski definition) is 0. The van der Waals surface area contributed by atoms with Gasteiger partial charge in [-0.2, -0.15) is 18.3 Å². The molecule has 0 spiro atoms. The Morgan fingerprint density at radius 2 is 2.00 bits per heavy atom. The van der Waals surface area contributed by atoms with Gasteiger partial charge in [-0.3, -0.25) is 4.68 Å². The average molecular weight is 367 g/mol. The molecule has 0 saturated heterocycles. The second-order valence-corrected chi connectivity index (χ2v) is 5.33. The quantitative estimate of drug-likeness (QED) is 0.746. The van der Waals surface area contributed by atoms with Crippen LogP contribution in [-0.2, 0) is 18.0 Å². The molecule has 1 heterocycles. The molecule has 0 N–H and O–H groups in total. The number of aryl methyl sites for hydroxylation is 1. The van der Waals surface area contributed by atoms with Gasteiger partial charge < -0.3 is 4.74 Å². The lowest BCUT2D eigenvalue weighted by molar-refractivity contribution is -0.137. The Kier molecular flexibility index (Phi) is 4.91.